The van der Waals surface area contributed by atoms with Gasteiger partial charge in [-0.25, -0.2) is 14.8 Å². The molecule has 0 aliphatic rings. The Bertz CT molecular complexity index is 1460. The first kappa shape index (κ1) is 25.4. The molecule has 1 aromatic carbocycles. The Morgan fingerprint density at radius 2 is 1.54 bits per heavy atom. The van der Waals surface area contributed by atoms with Gasteiger partial charge in [-0.1, -0.05) is 69.8 Å². The molecule has 4 rings (SSSR count). The highest BCUT2D eigenvalue weighted by Gasteiger charge is 2.21. The summed E-state index contributed by atoms with van der Waals surface area (Å²) in [6.45, 7) is 12.1. The van der Waals surface area contributed by atoms with E-state index in [9.17, 15) is 4.79 Å². The third kappa shape index (κ3) is 6.73. The number of nitrogens with one attached hydrogen (secondary N) is 3. The van der Waals surface area contributed by atoms with Crippen LogP contribution in [-0.4, -0.2) is 26.3 Å². The van der Waals surface area contributed by atoms with Crippen LogP contribution in [0, 0.1) is 11.8 Å². The van der Waals surface area contributed by atoms with Crippen molar-refractivity contribution in [2.75, 3.05) is 16.0 Å². The van der Waals surface area contributed by atoms with Crippen LogP contribution < -0.4 is 16.0 Å². The van der Waals surface area contributed by atoms with Crippen molar-refractivity contribution in [3.8, 4) is 11.8 Å². The van der Waals surface area contributed by atoms with E-state index in [4.69, 9.17) is 9.05 Å². The number of hydrogen-bond donors (Lipinski definition) is 3. The molecule has 2 amide bonds. The molecule has 0 saturated carbocycles. The lowest BCUT2D eigenvalue weighted by atomic mass is 9.93. The monoisotopic (exact) mass is 499 g/mol. The van der Waals surface area contributed by atoms with Gasteiger partial charge in [-0.3, -0.25) is 5.32 Å². The summed E-state index contributed by atoms with van der Waals surface area (Å²) in [7, 11) is 0. The van der Waals surface area contributed by atoms with Crippen LogP contribution in [0.25, 0.3) is 0 Å². The minimum absolute atomic E-state index is 0.165. The molecule has 3 aromatic heterocycles. The van der Waals surface area contributed by atoms with Crippen molar-refractivity contribution in [2.24, 2.45) is 0 Å². The molecule has 0 aliphatic carbocycles. The number of carbonyl (C=O) groups excluding carboxylic acids is 1. The van der Waals surface area contributed by atoms with Crippen LogP contribution in [0.5, 0.6) is 0 Å². The molecule has 10 heteroatoms. The number of anilines is 4. The van der Waals surface area contributed by atoms with Gasteiger partial charge in [-0.15, -0.1) is 0 Å². The largest absolute Gasteiger partial charge is 0.359 e. The average molecular weight is 500 g/mol. The topological polar surface area (TPSA) is 131 Å². The summed E-state index contributed by atoms with van der Waals surface area (Å²) in [6, 6.07) is 10.3. The highest BCUT2D eigenvalue weighted by molar-refractivity contribution is 5.99. The predicted molar refractivity (Wildman–Crippen MR) is 141 cm³/mol. The zero-order chi connectivity index (χ0) is 26.6. The summed E-state index contributed by atoms with van der Waals surface area (Å²) in [5, 5.41) is 16.6. The van der Waals surface area contributed by atoms with Crippen molar-refractivity contribution in [3.63, 3.8) is 0 Å². The lowest BCUT2D eigenvalue weighted by molar-refractivity contribution is 0.262. The molecular weight excluding hydrogens is 470 g/mol. The standard InChI is InChI=1S/C27H29N7O3/c1-26(2,3)20-13-22(33-36-20)31-24-18(15-28-16-29-24)11-10-17-8-7-9-19(12-17)30-25(35)32-23-14-21(37-34-23)27(4,5)6/h7-9,12-16H,1-6H3,(H,28,29,31,33)(H2,30,32,34,35). The number of carbonyl (C=O) groups is 1. The molecule has 3 N–H and O–H groups in total. The first-order chi connectivity index (χ1) is 17.5. The van der Waals surface area contributed by atoms with Gasteiger partial charge in [-0.05, 0) is 18.2 Å². The molecule has 3 heterocycles. The summed E-state index contributed by atoms with van der Waals surface area (Å²) in [4.78, 5) is 20.8. The molecule has 0 radical (unpaired) electrons. The van der Waals surface area contributed by atoms with E-state index < -0.39 is 6.03 Å². The Balaban J connectivity index is 1.44. The van der Waals surface area contributed by atoms with Crippen LogP contribution in [0.1, 0.15) is 64.2 Å². The zero-order valence-electron chi connectivity index (χ0n) is 21.6. The second-order valence-electron chi connectivity index (χ2n) is 10.5. The minimum Gasteiger partial charge on any atom is -0.359 e. The number of benzene rings is 1. The Labute approximate surface area is 215 Å². The van der Waals surface area contributed by atoms with Crippen molar-refractivity contribution >= 4 is 29.2 Å². The Kier molecular flexibility index (Phi) is 6.98. The Morgan fingerprint density at radius 3 is 2.22 bits per heavy atom. The number of rotatable bonds is 4. The van der Waals surface area contributed by atoms with E-state index in [0.29, 0.717) is 40.0 Å². The smallest absolute Gasteiger partial charge is 0.324 e. The summed E-state index contributed by atoms with van der Waals surface area (Å²) in [5.74, 6) is 8.97. The summed E-state index contributed by atoms with van der Waals surface area (Å²) >= 11 is 0. The van der Waals surface area contributed by atoms with Crippen LogP contribution >= 0.6 is 0 Å². The third-order valence-corrected chi connectivity index (χ3v) is 5.16. The fourth-order valence-electron chi connectivity index (χ4n) is 3.11. The molecule has 4 aromatic rings. The van der Waals surface area contributed by atoms with Gasteiger partial charge in [0.2, 0.25) is 0 Å². The lowest BCUT2D eigenvalue weighted by Gasteiger charge is -2.12. The number of nitrogens with zero attached hydrogens (tertiary/aromatic N) is 4. The molecule has 0 bridgehead atoms. The molecular formula is C27H29N7O3. The Morgan fingerprint density at radius 1 is 0.865 bits per heavy atom. The molecule has 10 nitrogen and oxygen atoms in total. The molecule has 0 unspecified atom stereocenters. The van der Waals surface area contributed by atoms with Gasteiger partial charge in [-0.2, -0.15) is 0 Å². The maximum Gasteiger partial charge on any atom is 0.324 e. The maximum absolute atomic E-state index is 12.4. The molecule has 0 aliphatic heterocycles. The van der Waals surface area contributed by atoms with E-state index in [-0.39, 0.29) is 10.8 Å². The van der Waals surface area contributed by atoms with Crippen molar-refractivity contribution in [3.05, 3.63) is 71.6 Å². The predicted octanol–water partition coefficient (Wildman–Crippen LogP) is 5.84. The fourth-order valence-corrected chi connectivity index (χ4v) is 3.11. The molecule has 0 fully saturated rings. The number of hydrogen-bond acceptors (Lipinski definition) is 8. The molecule has 0 spiro atoms. The van der Waals surface area contributed by atoms with Crippen molar-refractivity contribution in [2.45, 2.75) is 52.4 Å². The summed E-state index contributed by atoms with van der Waals surface area (Å²) in [5.41, 5.74) is 1.48. The van der Waals surface area contributed by atoms with Gasteiger partial charge >= 0.3 is 6.03 Å². The van der Waals surface area contributed by atoms with E-state index in [0.717, 1.165) is 5.76 Å². The fraction of sp³-hybridized carbons (Fsp3) is 0.296. The molecule has 0 saturated heterocycles. The number of aromatic nitrogens is 4. The highest BCUT2D eigenvalue weighted by atomic mass is 16.5. The van der Waals surface area contributed by atoms with Gasteiger partial charge in [0.15, 0.2) is 17.5 Å². The van der Waals surface area contributed by atoms with E-state index in [1.54, 1.807) is 30.5 Å². The first-order valence-corrected chi connectivity index (χ1v) is 11.7. The van der Waals surface area contributed by atoms with Crippen LogP contribution in [0.4, 0.5) is 27.9 Å². The van der Waals surface area contributed by atoms with Crippen molar-refractivity contribution in [1.82, 2.24) is 20.3 Å². The second-order valence-corrected chi connectivity index (χ2v) is 10.5. The van der Waals surface area contributed by atoms with E-state index in [1.165, 1.54) is 6.33 Å². The first-order valence-electron chi connectivity index (χ1n) is 11.7. The second kappa shape index (κ2) is 10.1. The van der Waals surface area contributed by atoms with Crippen molar-refractivity contribution in [1.29, 1.82) is 0 Å². The van der Waals surface area contributed by atoms with E-state index in [1.807, 2.05) is 53.7 Å². The zero-order valence-corrected chi connectivity index (χ0v) is 21.6. The molecule has 190 valence electrons. The van der Waals surface area contributed by atoms with Crippen LogP contribution in [0.3, 0.4) is 0 Å². The Hall–Kier alpha value is -4.65. The highest BCUT2D eigenvalue weighted by Crippen LogP contribution is 2.26. The van der Waals surface area contributed by atoms with Gasteiger partial charge in [0.25, 0.3) is 0 Å². The van der Waals surface area contributed by atoms with Gasteiger partial charge in [0.05, 0.1) is 5.56 Å². The summed E-state index contributed by atoms with van der Waals surface area (Å²) in [6.07, 6.45) is 3.05. The van der Waals surface area contributed by atoms with E-state index >= 15 is 0 Å². The minimum atomic E-state index is -0.441. The third-order valence-electron chi connectivity index (χ3n) is 5.16. The number of urea groups is 1. The number of amides is 2. The lowest BCUT2D eigenvalue weighted by Crippen LogP contribution is -2.19. The van der Waals surface area contributed by atoms with Crippen LogP contribution in [0.15, 0.2) is 58.0 Å². The SMILES string of the molecule is CC(C)(C)c1cc(NC(=O)Nc2cccc(C#Cc3cncnc3Nc3cc(C(C)(C)C)on3)c2)no1. The normalized spacial score (nSPS) is 11.4. The van der Waals surface area contributed by atoms with E-state index in [2.05, 4.69) is 48.1 Å². The maximum atomic E-state index is 12.4. The quantitative estimate of drug-likeness (QED) is 0.299. The molecule has 37 heavy (non-hydrogen) atoms. The van der Waals surface area contributed by atoms with Crippen molar-refractivity contribution < 1.29 is 13.8 Å². The van der Waals surface area contributed by atoms with Gasteiger partial charge in [0.1, 0.15) is 17.8 Å². The molecule has 0 atom stereocenters. The van der Waals surface area contributed by atoms with Gasteiger partial charge < -0.3 is 19.7 Å². The van der Waals surface area contributed by atoms with Gasteiger partial charge in [0, 0.05) is 40.4 Å². The average Bonchev–Trinajstić information content (AvgIpc) is 3.48. The van der Waals surface area contributed by atoms with Crippen LogP contribution in [0.2, 0.25) is 0 Å². The van der Waals surface area contributed by atoms with Crippen LogP contribution in [-0.2, 0) is 10.8 Å². The summed E-state index contributed by atoms with van der Waals surface area (Å²) < 4.78 is 10.7.